The molecule has 94 valence electrons. The van der Waals surface area contributed by atoms with E-state index in [9.17, 15) is 9.90 Å². The van der Waals surface area contributed by atoms with E-state index in [2.05, 4.69) is 15.9 Å². The van der Waals surface area contributed by atoms with Crippen LogP contribution in [-0.2, 0) is 11.3 Å². The van der Waals surface area contributed by atoms with Crippen molar-refractivity contribution in [3.8, 4) is 0 Å². The van der Waals surface area contributed by atoms with Crippen molar-refractivity contribution < 1.29 is 15.0 Å². The molecular formula is C12H16BrNO3. The van der Waals surface area contributed by atoms with Crippen molar-refractivity contribution in [2.75, 3.05) is 13.1 Å². The Balaban J connectivity index is 2.67. The van der Waals surface area contributed by atoms with Gasteiger partial charge in [0, 0.05) is 17.6 Å². The third-order valence-electron chi connectivity index (χ3n) is 2.18. The van der Waals surface area contributed by atoms with Crippen LogP contribution in [0, 0.1) is 0 Å². The Hall–Kier alpha value is -0.910. The van der Waals surface area contributed by atoms with Gasteiger partial charge in [0.05, 0.1) is 12.6 Å². The number of nitrogens with zero attached hydrogens (tertiary/aromatic N) is 1. The Morgan fingerprint density at radius 1 is 1.53 bits per heavy atom. The summed E-state index contributed by atoms with van der Waals surface area (Å²) in [6.07, 6.45) is -0.540. The molecule has 1 unspecified atom stereocenters. The minimum absolute atomic E-state index is 0.0720. The van der Waals surface area contributed by atoms with Crippen molar-refractivity contribution in [3.63, 3.8) is 0 Å². The van der Waals surface area contributed by atoms with E-state index in [-0.39, 0.29) is 6.54 Å². The van der Waals surface area contributed by atoms with Gasteiger partial charge in [-0.25, -0.2) is 0 Å². The molecule has 0 saturated carbocycles. The fraction of sp³-hybridized carbons (Fsp3) is 0.417. The number of carboxylic acids is 1. The van der Waals surface area contributed by atoms with Gasteiger partial charge >= 0.3 is 5.97 Å². The standard InChI is InChI=1S/C12H16BrNO3/c1-9(15)6-14(8-12(16)17)7-10-3-2-4-11(13)5-10/h2-5,9,15H,6-8H2,1H3,(H,16,17). The number of rotatable bonds is 6. The van der Waals surface area contributed by atoms with Crippen LogP contribution in [0.1, 0.15) is 12.5 Å². The summed E-state index contributed by atoms with van der Waals surface area (Å²) >= 11 is 3.37. The van der Waals surface area contributed by atoms with Gasteiger partial charge in [-0.15, -0.1) is 0 Å². The first kappa shape index (κ1) is 14.2. The zero-order chi connectivity index (χ0) is 12.8. The smallest absolute Gasteiger partial charge is 0.317 e. The molecule has 5 heteroatoms. The molecular weight excluding hydrogens is 286 g/mol. The third kappa shape index (κ3) is 5.81. The number of aliphatic hydroxyl groups excluding tert-OH is 1. The molecule has 0 bridgehead atoms. The molecule has 1 aromatic rings. The lowest BCUT2D eigenvalue weighted by Gasteiger charge is -2.21. The normalized spacial score (nSPS) is 12.7. The quantitative estimate of drug-likeness (QED) is 0.840. The average Bonchev–Trinajstić information content (AvgIpc) is 2.14. The topological polar surface area (TPSA) is 60.8 Å². The van der Waals surface area contributed by atoms with Gasteiger partial charge in [-0.2, -0.15) is 0 Å². The Morgan fingerprint density at radius 3 is 2.76 bits per heavy atom. The van der Waals surface area contributed by atoms with Gasteiger partial charge in [0.1, 0.15) is 0 Å². The predicted octanol–water partition coefficient (Wildman–Crippen LogP) is 1.72. The summed E-state index contributed by atoms with van der Waals surface area (Å²) in [7, 11) is 0. The number of carboxylic acid groups (broad SMARTS) is 1. The van der Waals surface area contributed by atoms with Gasteiger partial charge in [0.2, 0.25) is 0 Å². The molecule has 0 aliphatic rings. The molecule has 4 nitrogen and oxygen atoms in total. The first-order valence-corrected chi connectivity index (χ1v) is 6.13. The molecule has 0 aromatic heterocycles. The summed E-state index contributed by atoms with van der Waals surface area (Å²) in [6.45, 7) is 2.43. The maximum atomic E-state index is 10.7. The van der Waals surface area contributed by atoms with Crippen molar-refractivity contribution in [3.05, 3.63) is 34.3 Å². The molecule has 0 radical (unpaired) electrons. The predicted molar refractivity (Wildman–Crippen MR) is 68.7 cm³/mol. The molecule has 2 N–H and O–H groups in total. The van der Waals surface area contributed by atoms with Crippen LogP contribution in [0.4, 0.5) is 0 Å². The minimum atomic E-state index is -0.888. The van der Waals surface area contributed by atoms with Crippen LogP contribution in [0.5, 0.6) is 0 Å². The molecule has 0 aliphatic heterocycles. The van der Waals surface area contributed by atoms with E-state index in [4.69, 9.17) is 5.11 Å². The molecule has 1 aromatic carbocycles. The molecule has 1 rings (SSSR count). The Kier molecular flexibility index (Phi) is 5.61. The number of halogens is 1. The first-order chi connectivity index (χ1) is 7.97. The van der Waals surface area contributed by atoms with E-state index in [1.54, 1.807) is 11.8 Å². The van der Waals surface area contributed by atoms with E-state index in [0.29, 0.717) is 13.1 Å². The SMILES string of the molecule is CC(O)CN(CC(=O)O)Cc1cccc(Br)c1. The van der Waals surface area contributed by atoms with Crippen LogP contribution in [0.2, 0.25) is 0 Å². The maximum Gasteiger partial charge on any atom is 0.317 e. The number of hydrogen-bond acceptors (Lipinski definition) is 3. The van der Waals surface area contributed by atoms with Crippen molar-refractivity contribution >= 4 is 21.9 Å². The van der Waals surface area contributed by atoms with Crippen LogP contribution in [-0.4, -0.2) is 40.3 Å². The summed E-state index contributed by atoms with van der Waals surface area (Å²) in [5.74, 6) is -0.888. The van der Waals surface area contributed by atoms with Crippen LogP contribution >= 0.6 is 15.9 Å². The van der Waals surface area contributed by atoms with Gasteiger partial charge in [-0.05, 0) is 24.6 Å². The van der Waals surface area contributed by atoms with E-state index in [1.807, 2.05) is 24.3 Å². The molecule has 0 saturated heterocycles. The fourth-order valence-electron chi connectivity index (χ4n) is 1.64. The lowest BCUT2D eigenvalue weighted by Crippen LogP contribution is -2.34. The highest BCUT2D eigenvalue weighted by Gasteiger charge is 2.12. The summed E-state index contributed by atoms with van der Waals surface area (Å²) in [5.41, 5.74) is 1.02. The second kappa shape index (κ2) is 6.74. The monoisotopic (exact) mass is 301 g/mol. The average molecular weight is 302 g/mol. The lowest BCUT2D eigenvalue weighted by molar-refractivity contribution is -0.138. The fourth-order valence-corrected chi connectivity index (χ4v) is 2.09. The second-order valence-corrected chi connectivity index (χ2v) is 4.96. The molecule has 0 amide bonds. The molecule has 0 fully saturated rings. The minimum Gasteiger partial charge on any atom is -0.480 e. The molecule has 0 heterocycles. The van der Waals surface area contributed by atoms with Crippen molar-refractivity contribution in [1.29, 1.82) is 0 Å². The van der Waals surface area contributed by atoms with Crippen molar-refractivity contribution in [1.82, 2.24) is 4.90 Å². The summed E-state index contributed by atoms with van der Waals surface area (Å²) < 4.78 is 0.960. The summed E-state index contributed by atoms with van der Waals surface area (Å²) in [4.78, 5) is 12.4. The highest BCUT2D eigenvalue weighted by atomic mass is 79.9. The molecule has 0 spiro atoms. The Morgan fingerprint density at radius 2 is 2.24 bits per heavy atom. The van der Waals surface area contributed by atoms with E-state index < -0.39 is 12.1 Å². The van der Waals surface area contributed by atoms with E-state index >= 15 is 0 Å². The van der Waals surface area contributed by atoms with Crippen LogP contribution in [0.15, 0.2) is 28.7 Å². The van der Waals surface area contributed by atoms with Crippen molar-refractivity contribution in [2.24, 2.45) is 0 Å². The van der Waals surface area contributed by atoms with E-state index in [1.165, 1.54) is 0 Å². The van der Waals surface area contributed by atoms with Crippen LogP contribution in [0.25, 0.3) is 0 Å². The lowest BCUT2D eigenvalue weighted by atomic mass is 10.2. The number of aliphatic carboxylic acids is 1. The van der Waals surface area contributed by atoms with Gasteiger partial charge in [0.25, 0.3) is 0 Å². The molecule has 0 aliphatic carbocycles. The van der Waals surface area contributed by atoms with Gasteiger partial charge in [0.15, 0.2) is 0 Å². The highest BCUT2D eigenvalue weighted by Crippen LogP contribution is 2.13. The zero-order valence-corrected chi connectivity index (χ0v) is 11.2. The molecule has 1 atom stereocenters. The number of aliphatic hydroxyl groups is 1. The Bertz CT molecular complexity index is 382. The summed E-state index contributed by atoms with van der Waals surface area (Å²) in [6, 6.07) is 7.69. The highest BCUT2D eigenvalue weighted by molar-refractivity contribution is 9.10. The van der Waals surface area contributed by atoms with Gasteiger partial charge < -0.3 is 10.2 Å². The Labute approximate surface area is 109 Å². The first-order valence-electron chi connectivity index (χ1n) is 5.34. The van der Waals surface area contributed by atoms with Gasteiger partial charge in [-0.3, -0.25) is 9.69 Å². The molecule has 17 heavy (non-hydrogen) atoms. The number of benzene rings is 1. The third-order valence-corrected chi connectivity index (χ3v) is 2.67. The maximum absolute atomic E-state index is 10.7. The second-order valence-electron chi connectivity index (χ2n) is 4.04. The largest absolute Gasteiger partial charge is 0.480 e. The van der Waals surface area contributed by atoms with E-state index in [0.717, 1.165) is 10.0 Å². The van der Waals surface area contributed by atoms with Crippen LogP contribution < -0.4 is 0 Å². The number of hydrogen-bond donors (Lipinski definition) is 2. The van der Waals surface area contributed by atoms with Gasteiger partial charge in [-0.1, -0.05) is 28.1 Å². The summed E-state index contributed by atoms with van der Waals surface area (Å²) in [5, 5.41) is 18.1. The van der Waals surface area contributed by atoms with Crippen LogP contribution in [0.3, 0.4) is 0 Å². The van der Waals surface area contributed by atoms with Crippen molar-refractivity contribution in [2.45, 2.75) is 19.6 Å². The number of carbonyl (C=O) groups is 1. The zero-order valence-electron chi connectivity index (χ0n) is 9.64.